The van der Waals surface area contributed by atoms with Gasteiger partial charge in [0.2, 0.25) is 5.43 Å². The Bertz CT molecular complexity index is 810. The number of aromatic amines is 1. The Morgan fingerprint density at radius 3 is 2.67 bits per heavy atom. The fraction of sp³-hybridized carbons (Fsp3) is 0.368. The van der Waals surface area contributed by atoms with E-state index < -0.39 is 0 Å². The summed E-state index contributed by atoms with van der Waals surface area (Å²) in [5.74, 6) is -0.116. The van der Waals surface area contributed by atoms with Crippen molar-refractivity contribution in [3.63, 3.8) is 0 Å². The minimum Gasteiger partial charge on any atom is -0.491 e. The summed E-state index contributed by atoms with van der Waals surface area (Å²) < 4.78 is 4.91. The predicted octanol–water partition coefficient (Wildman–Crippen LogP) is 2.75. The van der Waals surface area contributed by atoms with Gasteiger partial charge in [-0.2, -0.15) is 0 Å². The molecule has 24 heavy (non-hydrogen) atoms. The van der Waals surface area contributed by atoms with E-state index in [4.69, 9.17) is 4.74 Å². The van der Waals surface area contributed by atoms with Crippen molar-refractivity contribution >= 4 is 5.91 Å². The number of aromatic nitrogens is 1. The number of benzene rings is 1. The Morgan fingerprint density at radius 2 is 1.96 bits per heavy atom. The van der Waals surface area contributed by atoms with Crippen LogP contribution in [0.1, 0.15) is 53.0 Å². The van der Waals surface area contributed by atoms with Crippen LogP contribution < -0.4 is 15.5 Å². The quantitative estimate of drug-likeness (QED) is 0.907. The standard InChI is InChI=1S/C19H22N2O3/c1-12(14-8-7-13-5-3-4-6-15(13)9-14)21-19(23)16-10-17(22)18(24-2)11-20-16/h7-12H,3-6H2,1-2H3,(H,20,22)(H,21,23)/t12-/m0/s1. The van der Waals surface area contributed by atoms with Crippen LogP contribution in [0.25, 0.3) is 0 Å². The first-order valence-electron chi connectivity index (χ1n) is 8.28. The largest absolute Gasteiger partial charge is 0.491 e. The number of pyridine rings is 1. The van der Waals surface area contributed by atoms with Gasteiger partial charge in [-0.3, -0.25) is 9.59 Å². The Balaban J connectivity index is 1.74. The molecule has 3 rings (SSSR count). The van der Waals surface area contributed by atoms with Crippen LogP contribution >= 0.6 is 0 Å². The molecule has 1 aromatic heterocycles. The van der Waals surface area contributed by atoms with Crippen molar-refractivity contribution in [2.75, 3.05) is 7.11 Å². The number of nitrogens with one attached hydrogen (secondary N) is 2. The third kappa shape index (κ3) is 3.35. The maximum atomic E-state index is 12.3. The average Bonchev–Trinajstić information content (AvgIpc) is 2.61. The van der Waals surface area contributed by atoms with Gasteiger partial charge in [-0.1, -0.05) is 18.2 Å². The van der Waals surface area contributed by atoms with Crippen LogP contribution in [0.15, 0.2) is 35.3 Å². The van der Waals surface area contributed by atoms with Gasteiger partial charge >= 0.3 is 0 Å². The van der Waals surface area contributed by atoms with Crippen LogP contribution in [0.2, 0.25) is 0 Å². The highest BCUT2D eigenvalue weighted by molar-refractivity contribution is 5.92. The lowest BCUT2D eigenvalue weighted by Gasteiger charge is -2.20. The Morgan fingerprint density at radius 1 is 1.21 bits per heavy atom. The van der Waals surface area contributed by atoms with Gasteiger partial charge in [0.15, 0.2) is 5.75 Å². The molecule has 1 atom stereocenters. The van der Waals surface area contributed by atoms with Crippen LogP contribution in [-0.4, -0.2) is 18.0 Å². The lowest BCUT2D eigenvalue weighted by Crippen LogP contribution is -2.28. The summed E-state index contributed by atoms with van der Waals surface area (Å²) in [5, 5.41) is 2.93. The van der Waals surface area contributed by atoms with Gasteiger partial charge in [0.25, 0.3) is 5.91 Å². The van der Waals surface area contributed by atoms with Gasteiger partial charge < -0.3 is 15.0 Å². The summed E-state index contributed by atoms with van der Waals surface area (Å²) in [5.41, 5.74) is 3.80. The molecule has 1 aliphatic rings. The van der Waals surface area contributed by atoms with Gasteiger partial charge in [-0.25, -0.2) is 0 Å². The Hall–Kier alpha value is -2.56. The molecule has 1 aliphatic carbocycles. The van der Waals surface area contributed by atoms with Crippen molar-refractivity contribution < 1.29 is 9.53 Å². The van der Waals surface area contributed by atoms with Gasteiger partial charge in [0.1, 0.15) is 5.69 Å². The first-order valence-corrected chi connectivity index (χ1v) is 8.28. The molecule has 1 heterocycles. The maximum absolute atomic E-state index is 12.3. The van der Waals surface area contributed by atoms with Crippen molar-refractivity contribution in [3.05, 3.63) is 63.1 Å². The van der Waals surface area contributed by atoms with Crippen LogP contribution in [0.5, 0.6) is 5.75 Å². The number of hydrogen-bond acceptors (Lipinski definition) is 3. The number of ether oxygens (including phenoxy) is 1. The van der Waals surface area contributed by atoms with Gasteiger partial charge in [-0.05, 0) is 49.3 Å². The molecule has 2 aromatic rings. The summed E-state index contributed by atoms with van der Waals surface area (Å²) in [4.78, 5) is 26.9. The molecule has 0 saturated carbocycles. The molecule has 1 aromatic carbocycles. The second-order valence-electron chi connectivity index (χ2n) is 6.21. The minimum atomic E-state index is -0.317. The number of hydrogen-bond donors (Lipinski definition) is 2. The third-order valence-corrected chi connectivity index (χ3v) is 4.56. The molecule has 5 heteroatoms. The number of amides is 1. The van der Waals surface area contributed by atoms with E-state index in [-0.39, 0.29) is 28.8 Å². The molecule has 0 bridgehead atoms. The Labute approximate surface area is 141 Å². The topological polar surface area (TPSA) is 71.2 Å². The molecule has 0 unspecified atom stereocenters. The lowest BCUT2D eigenvalue weighted by molar-refractivity contribution is 0.0934. The SMILES string of the molecule is COc1c[nH]c(C(=O)N[C@@H](C)c2ccc3c(c2)CCCC3)cc1=O. The molecule has 0 saturated heterocycles. The van der Waals surface area contributed by atoms with Gasteiger partial charge in [-0.15, -0.1) is 0 Å². The number of aryl methyl sites for hydroxylation is 2. The summed E-state index contributed by atoms with van der Waals surface area (Å²) in [7, 11) is 1.42. The van der Waals surface area contributed by atoms with Crippen molar-refractivity contribution in [3.8, 4) is 5.75 Å². The molecule has 1 amide bonds. The summed E-state index contributed by atoms with van der Waals surface area (Å²) >= 11 is 0. The fourth-order valence-corrected chi connectivity index (χ4v) is 3.13. The predicted molar refractivity (Wildman–Crippen MR) is 92.6 cm³/mol. The van der Waals surface area contributed by atoms with Crippen molar-refractivity contribution in [1.29, 1.82) is 0 Å². The molecule has 2 N–H and O–H groups in total. The summed E-state index contributed by atoms with van der Waals surface area (Å²) in [6.07, 6.45) is 6.13. The third-order valence-electron chi connectivity index (χ3n) is 4.56. The van der Waals surface area contributed by atoms with E-state index in [1.165, 1.54) is 43.3 Å². The zero-order chi connectivity index (χ0) is 17.1. The molecule has 0 fully saturated rings. The highest BCUT2D eigenvalue weighted by Gasteiger charge is 2.16. The fourth-order valence-electron chi connectivity index (χ4n) is 3.13. The van der Waals surface area contributed by atoms with Crippen LogP contribution in [0.4, 0.5) is 0 Å². The second-order valence-corrected chi connectivity index (χ2v) is 6.21. The molecule has 0 spiro atoms. The van der Waals surface area contributed by atoms with E-state index in [0.29, 0.717) is 0 Å². The first-order chi connectivity index (χ1) is 11.6. The van der Waals surface area contributed by atoms with E-state index in [2.05, 4.69) is 28.5 Å². The van der Waals surface area contributed by atoms with Crippen molar-refractivity contribution in [2.45, 2.75) is 38.6 Å². The lowest BCUT2D eigenvalue weighted by atomic mass is 9.89. The van der Waals surface area contributed by atoms with Crippen LogP contribution in [-0.2, 0) is 12.8 Å². The average molecular weight is 326 g/mol. The molecule has 0 aliphatic heterocycles. The van der Waals surface area contributed by atoms with E-state index in [9.17, 15) is 9.59 Å². The van der Waals surface area contributed by atoms with Crippen molar-refractivity contribution in [1.82, 2.24) is 10.3 Å². The number of carbonyl (C=O) groups excluding carboxylic acids is 1. The molecular formula is C19H22N2O3. The molecule has 5 nitrogen and oxygen atoms in total. The maximum Gasteiger partial charge on any atom is 0.268 e. The van der Waals surface area contributed by atoms with Gasteiger partial charge in [0, 0.05) is 12.3 Å². The molecule has 0 radical (unpaired) electrons. The summed E-state index contributed by atoms with van der Waals surface area (Å²) in [6, 6.07) is 7.56. The van der Waals surface area contributed by atoms with Crippen LogP contribution in [0.3, 0.4) is 0 Å². The van der Waals surface area contributed by atoms with Crippen molar-refractivity contribution in [2.24, 2.45) is 0 Å². The monoisotopic (exact) mass is 326 g/mol. The number of fused-ring (bicyclic) bond motifs is 1. The summed E-state index contributed by atoms with van der Waals surface area (Å²) in [6.45, 7) is 1.95. The van der Waals surface area contributed by atoms with E-state index >= 15 is 0 Å². The molecular weight excluding hydrogens is 304 g/mol. The zero-order valence-electron chi connectivity index (χ0n) is 14.0. The minimum absolute atomic E-state index is 0.129. The van der Waals surface area contributed by atoms with Gasteiger partial charge in [0.05, 0.1) is 13.2 Å². The highest BCUT2D eigenvalue weighted by atomic mass is 16.5. The van der Waals surface area contributed by atoms with E-state index in [1.54, 1.807) is 0 Å². The van der Waals surface area contributed by atoms with Crippen LogP contribution in [0, 0.1) is 0 Å². The smallest absolute Gasteiger partial charge is 0.268 e. The first kappa shape index (κ1) is 16.3. The van der Waals surface area contributed by atoms with E-state index in [1.807, 2.05) is 6.92 Å². The Kier molecular flexibility index (Phi) is 4.69. The number of rotatable bonds is 4. The number of H-pyrrole nitrogens is 1. The molecule has 126 valence electrons. The second kappa shape index (κ2) is 6.91. The number of methoxy groups -OCH3 is 1. The highest BCUT2D eigenvalue weighted by Crippen LogP contribution is 2.24. The number of carbonyl (C=O) groups is 1. The van der Waals surface area contributed by atoms with E-state index in [0.717, 1.165) is 18.4 Å². The zero-order valence-corrected chi connectivity index (χ0v) is 14.0. The normalized spacial score (nSPS) is 14.6.